The Labute approximate surface area is 75.5 Å². The zero-order chi connectivity index (χ0) is 9.26. The van der Waals surface area contributed by atoms with Gasteiger partial charge < -0.3 is 9.51 Å². The van der Waals surface area contributed by atoms with Gasteiger partial charge in [-0.3, -0.25) is 0 Å². The van der Waals surface area contributed by atoms with Gasteiger partial charge in [-0.25, -0.2) is 0 Å². The van der Waals surface area contributed by atoms with Crippen LogP contribution in [0.25, 0.3) is 5.52 Å². The molecule has 0 spiro atoms. The van der Waals surface area contributed by atoms with E-state index in [0.717, 1.165) is 5.52 Å². The predicted molar refractivity (Wildman–Crippen MR) is 48.0 cm³/mol. The number of nitriles is 1. The highest BCUT2D eigenvalue weighted by molar-refractivity contribution is 5.64. The van der Waals surface area contributed by atoms with Crippen LogP contribution in [0.3, 0.4) is 0 Å². The number of hydrogen-bond donors (Lipinski definition) is 1. The molecular formula is C10H8N2O. The molecule has 1 N–H and O–H groups in total. The van der Waals surface area contributed by atoms with Crippen molar-refractivity contribution < 1.29 is 5.11 Å². The van der Waals surface area contributed by atoms with Crippen molar-refractivity contribution in [3.63, 3.8) is 0 Å². The molecule has 3 nitrogen and oxygen atoms in total. The third-order valence-corrected chi connectivity index (χ3v) is 2.04. The largest absolute Gasteiger partial charge is 0.392 e. The van der Waals surface area contributed by atoms with Crippen LogP contribution in [0.5, 0.6) is 0 Å². The summed E-state index contributed by atoms with van der Waals surface area (Å²) in [5, 5.41) is 17.8. The maximum atomic E-state index is 8.99. The third-order valence-electron chi connectivity index (χ3n) is 2.04. The minimum Gasteiger partial charge on any atom is -0.392 e. The smallest absolute Gasteiger partial charge is 0.102 e. The first-order valence-corrected chi connectivity index (χ1v) is 3.96. The third kappa shape index (κ3) is 1.08. The van der Waals surface area contributed by atoms with Crippen molar-refractivity contribution in [3.8, 4) is 6.07 Å². The van der Waals surface area contributed by atoms with Gasteiger partial charge in [-0.15, -0.1) is 0 Å². The molecule has 13 heavy (non-hydrogen) atoms. The van der Waals surface area contributed by atoms with Crippen molar-refractivity contribution in [2.24, 2.45) is 0 Å². The van der Waals surface area contributed by atoms with Gasteiger partial charge in [0, 0.05) is 18.0 Å². The number of rotatable bonds is 1. The van der Waals surface area contributed by atoms with E-state index in [1.165, 1.54) is 0 Å². The van der Waals surface area contributed by atoms with Gasteiger partial charge in [-0.05, 0) is 12.1 Å². The summed E-state index contributed by atoms with van der Waals surface area (Å²) in [6, 6.07) is 7.70. The Morgan fingerprint density at radius 1 is 1.46 bits per heavy atom. The van der Waals surface area contributed by atoms with E-state index in [4.69, 9.17) is 10.4 Å². The first kappa shape index (κ1) is 7.84. The monoisotopic (exact) mass is 172 g/mol. The van der Waals surface area contributed by atoms with E-state index < -0.39 is 0 Å². The van der Waals surface area contributed by atoms with Crippen LogP contribution in [0.4, 0.5) is 0 Å². The van der Waals surface area contributed by atoms with Crippen LogP contribution in [-0.4, -0.2) is 9.51 Å². The topological polar surface area (TPSA) is 48.4 Å². The highest BCUT2D eigenvalue weighted by atomic mass is 16.3. The Balaban J connectivity index is 2.83. The zero-order valence-electron chi connectivity index (χ0n) is 6.94. The molecule has 0 unspecified atom stereocenters. The molecule has 0 atom stereocenters. The van der Waals surface area contributed by atoms with E-state index in [1.54, 1.807) is 6.20 Å². The van der Waals surface area contributed by atoms with Crippen LogP contribution < -0.4 is 0 Å². The van der Waals surface area contributed by atoms with Gasteiger partial charge in [0.25, 0.3) is 0 Å². The van der Waals surface area contributed by atoms with E-state index in [0.29, 0.717) is 11.1 Å². The van der Waals surface area contributed by atoms with Crippen LogP contribution in [0.15, 0.2) is 30.6 Å². The minimum atomic E-state index is -0.0927. The molecule has 0 amide bonds. The average Bonchev–Trinajstić information content (AvgIpc) is 2.55. The Kier molecular flexibility index (Phi) is 1.76. The molecule has 0 aliphatic heterocycles. The fourth-order valence-electron chi connectivity index (χ4n) is 1.43. The van der Waals surface area contributed by atoms with Gasteiger partial charge in [-0.1, -0.05) is 6.07 Å². The second-order valence-corrected chi connectivity index (χ2v) is 2.79. The first-order valence-electron chi connectivity index (χ1n) is 3.96. The molecule has 0 aliphatic rings. The summed E-state index contributed by atoms with van der Waals surface area (Å²) in [6.45, 7) is -0.0927. The molecular weight excluding hydrogens is 164 g/mol. The van der Waals surface area contributed by atoms with Crippen LogP contribution >= 0.6 is 0 Å². The quantitative estimate of drug-likeness (QED) is 0.704. The lowest BCUT2D eigenvalue weighted by Gasteiger charge is -1.90. The molecule has 0 aliphatic carbocycles. The van der Waals surface area contributed by atoms with Crippen molar-refractivity contribution in [1.29, 1.82) is 5.26 Å². The molecule has 0 saturated heterocycles. The molecule has 0 fully saturated rings. The highest BCUT2D eigenvalue weighted by Gasteiger charge is 2.07. The maximum Gasteiger partial charge on any atom is 0.102 e. The van der Waals surface area contributed by atoms with E-state index in [9.17, 15) is 0 Å². The van der Waals surface area contributed by atoms with Crippen molar-refractivity contribution in [1.82, 2.24) is 4.40 Å². The summed E-state index contributed by atoms with van der Waals surface area (Å²) in [5.74, 6) is 0. The number of aliphatic hydroxyl groups is 1. The second-order valence-electron chi connectivity index (χ2n) is 2.79. The van der Waals surface area contributed by atoms with Gasteiger partial charge in [0.05, 0.1) is 17.7 Å². The van der Waals surface area contributed by atoms with E-state index in [-0.39, 0.29) is 6.61 Å². The maximum absolute atomic E-state index is 8.99. The zero-order valence-corrected chi connectivity index (χ0v) is 6.94. The molecule has 0 aromatic carbocycles. The standard InChI is InChI=1S/C10H8N2O/c11-5-9-8(7-13)6-12-4-2-1-3-10(9)12/h1-4,6,13H,7H2. The second kappa shape index (κ2) is 2.92. The van der Waals surface area contributed by atoms with Crippen LogP contribution in [0, 0.1) is 11.3 Å². The summed E-state index contributed by atoms with van der Waals surface area (Å²) in [6.07, 6.45) is 3.63. The number of hydrogen-bond acceptors (Lipinski definition) is 2. The van der Waals surface area contributed by atoms with Gasteiger partial charge in [-0.2, -0.15) is 5.26 Å². The van der Waals surface area contributed by atoms with Gasteiger partial charge in [0.2, 0.25) is 0 Å². The summed E-state index contributed by atoms with van der Waals surface area (Å²) in [7, 11) is 0. The molecule has 2 aromatic heterocycles. The Bertz CT molecular complexity index is 479. The normalized spacial score (nSPS) is 10.2. The van der Waals surface area contributed by atoms with Crippen molar-refractivity contribution >= 4 is 5.52 Å². The number of fused-ring (bicyclic) bond motifs is 1. The van der Waals surface area contributed by atoms with E-state index in [1.807, 2.05) is 28.8 Å². The highest BCUT2D eigenvalue weighted by Crippen LogP contribution is 2.17. The van der Waals surface area contributed by atoms with E-state index >= 15 is 0 Å². The lowest BCUT2D eigenvalue weighted by molar-refractivity contribution is 0.281. The van der Waals surface area contributed by atoms with Gasteiger partial charge in [0.1, 0.15) is 6.07 Å². The Morgan fingerprint density at radius 3 is 3.00 bits per heavy atom. The molecule has 64 valence electrons. The number of aliphatic hydroxyl groups excluding tert-OH is 1. The Hall–Kier alpha value is -1.79. The summed E-state index contributed by atoms with van der Waals surface area (Å²) >= 11 is 0. The lowest BCUT2D eigenvalue weighted by atomic mass is 10.2. The van der Waals surface area contributed by atoms with Gasteiger partial charge in [0.15, 0.2) is 0 Å². The summed E-state index contributed by atoms with van der Waals surface area (Å²) in [4.78, 5) is 0. The average molecular weight is 172 g/mol. The number of nitrogens with zero attached hydrogens (tertiary/aromatic N) is 2. The Morgan fingerprint density at radius 2 is 2.31 bits per heavy atom. The van der Waals surface area contributed by atoms with E-state index in [2.05, 4.69) is 6.07 Å². The number of aromatic nitrogens is 1. The van der Waals surface area contributed by atoms with Crippen molar-refractivity contribution in [3.05, 3.63) is 41.7 Å². The number of pyridine rings is 1. The summed E-state index contributed by atoms with van der Waals surface area (Å²) < 4.78 is 1.84. The molecule has 3 heteroatoms. The molecule has 0 bridgehead atoms. The lowest BCUT2D eigenvalue weighted by Crippen LogP contribution is -1.81. The SMILES string of the molecule is N#Cc1c(CO)cn2ccccc12. The molecule has 2 heterocycles. The van der Waals surface area contributed by atoms with Crippen LogP contribution in [-0.2, 0) is 6.61 Å². The van der Waals surface area contributed by atoms with Gasteiger partial charge >= 0.3 is 0 Å². The van der Waals surface area contributed by atoms with Crippen LogP contribution in [0.2, 0.25) is 0 Å². The molecule has 2 rings (SSSR count). The molecule has 0 radical (unpaired) electrons. The minimum absolute atomic E-state index is 0.0927. The molecule has 2 aromatic rings. The van der Waals surface area contributed by atoms with Crippen molar-refractivity contribution in [2.75, 3.05) is 0 Å². The van der Waals surface area contributed by atoms with Crippen molar-refractivity contribution in [2.45, 2.75) is 6.61 Å². The summed E-state index contributed by atoms with van der Waals surface area (Å²) in [5.41, 5.74) is 2.07. The van der Waals surface area contributed by atoms with Crippen LogP contribution in [0.1, 0.15) is 11.1 Å². The predicted octanol–water partition coefficient (Wildman–Crippen LogP) is 1.30. The fraction of sp³-hybridized carbons (Fsp3) is 0.100. The molecule has 0 saturated carbocycles. The first-order chi connectivity index (χ1) is 6.36. The fourth-order valence-corrected chi connectivity index (χ4v) is 1.43.